The van der Waals surface area contributed by atoms with E-state index in [0.29, 0.717) is 11.3 Å². The van der Waals surface area contributed by atoms with Crippen LogP contribution in [0.5, 0.6) is 5.75 Å². The molecule has 0 saturated heterocycles. The zero-order chi connectivity index (χ0) is 10.7. The molecule has 1 N–H and O–H groups in total. The first-order chi connectivity index (χ1) is 6.56. The maximum Gasteiger partial charge on any atom is 0.337 e. The number of nitrogens with zero attached hydrogens (tertiary/aromatic N) is 1. The minimum Gasteiger partial charge on any atom is -0.506 e. The van der Waals surface area contributed by atoms with E-state index in [0.717, 1.165) is 0 Å². The van der Waals surface area contributed by atoms with E-state index in [-0.39, 0.29) is 5.75 Å². The highest BCUT2D eigenvalue weighted by Gasteiger charge is 2.09. The van der Waals surface area contributed by atoms with Crippen LogP contribution in [0.15, 0.2) is 18.2 Å². The Labute approximate surface area is 82.7 Å². The fourth-order valence-electron chi connectivity index (χ4n) is 1.15. The van der Waals surface area contributed by atoms with Crippen molar-refractivity contribution >= 4 is 11.7 Å². The molecule has 0 amide bonds. The highest BCUT2D eigenvalue weighted by molar-refractivity contribution is 5.90. The standard InChI is InChI=1S/C10H13NO3/c1-11(2)8-5-4-7(6-9(8)12)10(13)14-3/h4-6,12H,1-3H3. The average Bonchev–Trinajstić information content (AvgIpc) is 2.15. The molecule has 0 unspecified atom stereocenters. The van der Waals surface area contributed by atoms with Crippen LogP contribution in [-0.2, 0) is 4.74 Å². The van der Waals surface area contributed by atoms with E-state index in [1.807, 2.05) is 14.1 Å². The van der Waals surface area contributed by atoms with Gasteiger partial charge in [0.25, 0.3) is 0 Å². The molecule has 0 atom stereocenters. The first-order valence-corrected chi connectivity index (χ1v) is 4.15. The molecular formula is C10H13NO3. The van der Waals surface area contributed by atoms with Gasteiger partial charge in [0.1, 0.15) is 5.75 Å². The molecule has 0 heterocycles. The number of benzene rings is 1. The van der Waals surface area contributed by atoms with Crippen molar-refractivity contribution in [3.8, 4) is 5.75 Å². The second-order valence-electron chi connectivity index (χ2n) is 3.09. The molecule has 0 radical (unpaired) electrons. The summed E-state index contributed by atoms with van der Waals surface area (Å²) in [5.74, 6) is -0.386. The van der Waals surface area contributed by atoms with Gasteiger partial charge in [-0.2, -0.15) is 0 Å². The van der Waals surface area contributed by atoms with Crippen LogP contribution in [0.25, 0.3) is 0 Å². The smallest absolute Gasteiger partial charge is 0.337 e. The largest absolute Gasteiger partial charge is 0.506 e. The number of hydrogen-bond acceptors (Lipinski definition) is 4. The summed E-state index contributed by atoms with van der Waals surface area (Å²) < 4.78 is 4.53. The molecule has 1 rings (SSSR count). The molecule has 4 heteroatoms. The minimum atomic E-state index is -0.453. The van der Waals surface area contributed by atoms with Crippen molar-refractivity contribution in [1.82, 2.24) is 0 Å². The first-order valence-electron chi connectivity index (χ1n) is 4.15. The van der Waals surface area contributed by atoms with Crippen molar-refractivity contribution in [3.05, 3.63) is 23.8 Å². The van der Waals surface area contributed by atoms with Gasteiger partial charge >= 0.3 is 5.97 Å². The van der Waals surface area contributed by atoms with Gasteiger partial charge in [0.05, 0.1) is 18.4 Å². The van der Waals surface area contributed by atoms with Gasteiger partial charge in [-0.3, -0.25) is 0 Å². The Morgan fingerprint density at radius 2 is 2.07 bits per heavy atom. The highest BCUT2D eigenvalue weighted by Crippen LogP contribution is 2.26. The fourth-order valence-corrected chi connectivity index (χ4v) is 1.15. The van der Waals surface area contributed by atoms with Gasteiger partial charge < -0.3 is 14.7 Å². The number of carbonyl (C=O) groups is 1. The van der Waals surface area contributed by atoms with Gasteiger partial charge in [-0.1, -0.05) is 0 Å². The summed E-state index contributed by atoms with van der Waals surface area (Å²) in [6.07, 6.45) is 0. The molecule has 1 aromatic carbocycles. The molecule has 0 aromatic heterocycles. The molecule has 0 saturated carbocycles. The van der Waals surface area contributed by atoms with Crippen molar-refractivity contribution in [2.24, 2.45) is 0 Å². The zero-order valence-electron chi connectivity index (χ0n) is 8.44. The molecule has 0 aliphatic rings. The molecule has 1 aromatic rings. The number of phenols is 1. The van der Waals surface area contributed by atoms with Gasteiger partial charge in [0.15, 0.2) is 0 Å². The molecule has 0 spiro atoms. The molecule has 76 valence electrons. The minimum absolute atomic E-state index is 0.0675. The third-order valence-electron chi connectivity index (χ3n) is 1.88. The second-order valence-corrected chi connectivity index (χ2v) is 3.09. The number of aromatic hydroxyl groups is 1. The quantitative estimate of drug-likeness (QED) is 0.721. The van der Waals surface area contributed by atoms with Crippen LogP contribution in [0.4, 0.5) is 5.69 Å². The zero-order valence-corrected chi connectivity index (χ0v) is 8.44. The van der Waals surface area contributed by atoms with Crippen molar-refractivity contribution < 1.29 is 14.6 Å². The maximum atomic E-state index is 11.1. The summed E-state index contributed by atoms with van der Waals surface area (Å²) >= 11 is 0. The van der Waals surface area contributed by atoms with Gasteiger partial charge in [0.2, 0.25) is 0 Å². The van der Waals surface area contributed by atoms with Gasteiger partial charge in [0, 0.05) is 14.1 Å². The molecule has 0 bridgehead atoms. The summed E-state index contributed by atoms with van der Waals surface area (Å²) in [6, 6.07) is 4.67. The topological polar surface area (TPSA) is 49.8 Å². The first kappa shape index (κ1) is 10.4. The van der Waals surface area contributed by atoms with Gasteiger partial charge in [-0.05, 0) is 18.2 Å². The lowest BCUT2D eigenvalue weighted by Gasteiger charge is -2.14. The number of esters is 1. The predicted molar refractivity (Wildman–Crippen MR) is 53.8 cm³/mol. The fraction of sp³-hybridized carbons (Fsp3) is 0.300. The average molecular weight is 195 g/mol. The summed E-state index contributed by atoms with van der Waals surface area (Å²) in [5, 5.41) is 9.56. The summed E-state index contributed by atoms with van der Waals surface area (Å²) in [4.78, 5) is 12.9. The monoisotopic (exact) mass is 195 g/mol. The van der Waals surface area contributed by atoms with Crippen LogP contribution >= 0.6 is 0 Å². The Hall–Kier alpha value is -1.71. The van der Waals surface area contributed by atoms with E-state index in [9.17, 15) is 9.90 Å². The van der Waals surface area contributed by atoms with Gasteiger partial charge in [-0.15, -0.1) is 0 Å². The van der Waals surface area contributed by atoms with Crippen LogP contribution in [0.3, 0.4) is 0 Å². The van der Waals surface area contributed by atoms with E-state index >= 15 is 0 Å². The van der Waals surface area contributed by atoms with Crippen LogP contribution in [0.2, 0.25) is 0 Å². The lowest BCUT2D eigenvalue weighted by molar-refractivity contribution is 0.0600. The molecule has 0 aliphatic carbocycles. The Morgan fingerprint density at radius 3 is 2.50 bits per heavy atom. The number of methoxy groups -OCH3 is 1. The number of ether oxygens (including phenoxy) is 1. The number of carbonyl (C=O) groups excluding carboxylic acids is 1. The number of hydrogen-bond donors (Lipinski definition) is 1. The number of phenolic OH excluding ortho intramolecular Hbond substituents is 1. The predicted octanol–water partition coefficient (Wildman–Crippen LogP) is 1.24. The maximum absolute atomic E-state index is 11.1. The summed E-state index contributed by atoms with van der Waals surface area (Å²) in [7, 11) is 4.93. The van der Waals surface area contributed by atoms with Gasteiger partial charge in [-0.25, -0.2) is 4.79 Å². The SMILES string of the molecule is COC(=O)c1ccc(N(C)C)c(O)c1. The molecule has 4 nitrogen and oxygen atoms in total. The molecule has 0 fully saturated rings. The summed E-state index contributed by atoms with van der Waals surface area (Å²) in [6.45, 7) is 0. The third-order valence-corrected chi connectivity index (χ3v) is 1.88. The Balaban J connectivity index is 3.06. The number of anilines is 1. The van der Waals surface area contributed by atoms with Crippen LogP contribution < -0.4 is 4.90 Å². The van der Waals surface area contributed by atoms with E-state index in [4.69, 9.17) is 0 Å². The molecule has 0 aliphatic heterocycles. The summed E-state index contributed by atoms with van der Waals surface area (Å²) in [5.41, 5.74) is 1.01. The van der Waals surface area contributed by atoms with Crippen molar-refractivity contribution in [3.63, 3.8) is 0 Å². The van der Waals surface area contributed by atoms with Crippen molar-refractivity contribution in [2.45, 2.75) is 0 Å². The Morgan fingerprint density at radius 1 is 1.43 bits per heavy atom. The van der Waals surface area contributed by atoms with E-state index < -0.39 is 5.97 Å². The van der Waals surface area contributed by atoms with E-state index in [2.05, 4.69) is 4.74 Å². The third kappa shape index (κ3) is 1.96. The Kier molecular flexibility index (Phi) is 2.96. The second kappa shape index (κ2) is 4.00. The Bertz CT molecular complexity index is 347. The number of rotatable bonds is 2. The normalized spacial score (nSPS) is 9.64. The van der Waals surface area contributed by atoms with E-state index in [1.165, 1.54) is 13.2 Å². The molecular weight excluding hydrogens is 182 g/mol. The van der Waals surface area contributed by atoms with Crippen molar-refractivity contribution in [2.75, 3.05) is 26.1 Å². The lowest BCUT2D eigenvalue weighted by atomic mass is 10.2. The van der Waals surface area contributed by atoms with Crippen molar-refractivity contribution in [1.29, 1.82) is 0 Å². The van der Waals surface area contributed by atoms with Crippen LogP contribution in [-0.4, -0.2) is 32.3 Å². The lowest BCUT2D eigenvalue weighted by Crippen LogP contribution is -2.09. The van der Waals surface area contributed by atoms with Crippen LogP contribution in [0, 0.1) is 0 Å². The van der Waals surface area contributed by atoms with E-state index in [1.54, 1.807) is 17.0 Å². The highest BCUT2D eigenvalue weighted by atomic mass is 16.5. The van der Waals surface area contributed by atoms with Crippen LogP contribution in [0.1, 0.15) is 10.4 Å². The molecule has 14 heavy (non-hydrogen) atoms.